The maximum atomic E-state index is 12.6. The van der Waals surface area contributed by atoms with Gasteiger partial charge in [0.2, 0.25) is 20.0 Å². The SMILES string of the molecule is CC(CN)N(C)S(=O)(=O)c1cccc(S(=O)(=O)N2CCCC2)c1. The van der Waals surface area contributed by atoms with Gasteiger partial charge in [-0.05, 0) is 38.0 Å². The van der Waals surface area contributed by atoms with Crippen molar-refractivity contribution < 1.29 is 16.8 Å². The third-order valence-corrected chi connectivity index (χ3v) is 8.01. The van der Waals surface area contributed by atoms with Crippen LogP contribution in [0.25, 0.3) is 0 Å². The molecule has 0 spiro atoms. The van der Waals surface area contributed by atoms with Crippen molar-refractivity contribution in [1.29, 1.82) is 0 Å². The molecule has 1 unspecified atom stereocenters. The molecule has 7 nitrogen and oxygen atoms in total. The van der Waals surface area contributed by atoms with Crippen LogP contribution in [0.4, 0.5) is 0 Å². The van der Waals surface area contributed by atoms with Crippen molar-refractivity contribution >= 4 is 20.0 Å². The first kappa shape index (κ1) is 18.3. The lowest BCUT2D eigenvalue weighted by molar-refractivity contribution is 0.394. The molecule has 130 valence electrons. The first-order valence-electron chi connectivity index (χ1n) is 7.49. The minimum atomic E-state index is -3.79. The van der Waals surface area contributed by atoms with Gasteiger partial charge in [-0.2, -0.15) is 8.61 Å². The van der Waals surface area contributed by atoms with E-state index in [-0.39, 0.29) is 22.4 Å². The summed E-state index contributed by atoms with van der Waals surface area (Å²) in [7, 11) is -5.99. The van der Waals surface area contributed by atoms with Gasteiger partial charge in [-0.15, -0.1) is 0 Å². The van der Waals surface area contributed by atoms with Crippen molar-refractivity contribution in [1.82, 2.24) is 8.61 Å². The highest BCUT2D eigenvalue weighted by molar-refractivity contribution is 7.90. The molecule has 1 fully saturated rings. The molecule has 23 heavy (non-hydrogen) atoms. The van der Waals surface area contributed by atoms with Crippen LogP contribution in [0.3, 0.4) is 0 Å². The van der Waals surface area contributed by atoms with E-state index in [9.17, 15) is 16.8 Å². The molecule has 1 aliphatic rings. The van der Waals surface area contributed by atoms with Gasteiger partial charge in [0.1, 0.15) is 0 Å². The molecule has 1 aromatic rings. The maximum absolute atomic E-state index is 12.6. The van der Waals surface area contributed by atoms with Crippen LogP contribution in [0.5, 0.6) is 0 Å². The van der Waals surface area contributed by atoms with Gasteiger partial charge < -0.3 is 5.73 Å². The first-order chi connectivity index (χ1) is 10.7. The third kappa shape index (κ3) is 3.58. The Bertz CT molecular complexity index is 756. The van der Waals surface area contributed by atoms with E-state index in [0.29, 0.717) is 13.1 Å². The molecule has 1 atom stereocenters. The van der Waals surface area contributed by atoms with E-state index in [1.54, 1.807) is 6.92 Å². The maximum Gasteiger partial charge on any atom is 0.243 e. The summed E-state index contributed by atoms with van der Waals surface area (Å²) in [5, 5.41) is 0. The molecule has 1 heterocycles. The number of sulfonamides is 2. The van der Waals surface area contributed by atoms with Crippen LogP contribution in [-0.2, 0) is 20.0 Å². The molecule has 2 rings (SSSR count). The van der Waals surface area contributed by atoms with E-state index < -0.39 is 20.0 Å². The van der Waals surface area contributed by atoms with Crippen LogP contribution < -0.4 is 5.73 Å². The summed E-state index contributed by atoms with van der Waals surface area (Å²) in [6, 6.07) is 5.13. The van der Waals surface area contributed by atoms with Gasteiger partial charge in [-0.3, -0.25) is 0 Å². The van der Waals surface area contributed by atoms with Crippen molar-refractivity contribution in [3.05, 3.63) is 24.3 Å². The lowest BCUT2D eigenvalue weighted by Gasteiger charge is -2.23. The Balaban J connectivity index is 2.40. The predicted octanol–water partition coefficient (Wildman–Crippen LogP) is 0.439. The van der Waals surface area contributed by atoms with E-state index in [2.05, 4.69) is 0 Å². The summed E-state index contributed by atoms with van der Waals surface area (Å²) in [5.74, 6) is 0. The summed E-state index contributed by atoms with van der Waals surface area (Å²) >= 11 is 0. The molecule has 1 aliphatic heterocycles. The summed E-state index contributed by atoms with van der Waals surface area (Å²) < 4.78 is 52.9. The van der Waals surface area contributed by atoms with Crippen molar-refractivity contribution in [2.24, 2.45) is 5.73 Å². The number of benzene rings is 1. The van der Waals surface area contributed by atoms with Crippen LogP contribution >= 0.6 is 0 Å². The lowest BCUT2D eigenvalue weighted by atomic mass is 10.4. The van der Waals surface area contributed by atoms with E-state index in [1.807, 2.05) is 0 Å². The van der Waals surface area contributed by atoms with Gasteiger partial charge in [0.25, 0.3) is 0 Å². The molecule has 1 aromatic carbocycles. The zero-order chi connectivity index (χ0) is 17.3. The van der Waals surface area contributed by atoms with Crippen LogP contribution in [0.15, 0.2) is 34.1 Å². The normalized spacial score (nSPS) is 18.4. The smallest absolute Gasteiger partial charge is 0.243 e. The number of nitrogens with two attached hydrogens (primary N) is 1. The summed E-state index contributed by atoms with van der Waals surface area (Å²) in [6.45, 7) is 2.83. The Hall–Kier alpha value is -1.00. The Labute approximate surface area is 138 Å². The molecule has 0 amide bonds. The summed E-state index contributed by atoms with van der Waals surface area (Å²) in [5.41, 5.74) is 5.52. The van der Waals surface area contributed by atoms with Crippen molar-refractivity contribution in [2.45, 2.75) is 35.6 Å². The second-order valence-electron chi connectivity index (χ2n) is 5.69. The molecular formula is C14H23N3O4S2. The van der Waals surface area contributed by atoms with Gasteiger partial charge in [0, 0.05) is 32.7 Å². The Morgan fingerprint density at radius 3 is 2.30 bits per heavy atom. The molecule has 9 heteroatoms. The summed E-state index contributed by atoms with van der Waals surface area (Å²) in [6.07, 6.45) is 1.65. The van der Waals surface area contributed by atoms with E-state index in [0.717, 1.165) is 17.1 Å². The number of likely N-dealkylation sites (N-methyl/N-ethyl adjacent to an activating group) is 1. The Morgan fingerprint density at radius 1 is 1.17 bits per heavy atom. The third-order valence-electron chi connectivity index (χ3n) is 4.15. The molecule has 0 aromatic heterocycles. The quantitative estimate of drug-likeness (QED) is 0.792. The topological polar surface area (TPSA) is 101 Å². The predicted molar refractivity (Wildman–Crippen MR) is 87.9 cm³/mol. The van der Waals surface area contributed by atoms with Gasteiger partial charge in [-0.25, -0.2) is 16.8 Å². The number of nitrogens with zero attached hydrogens (tertiary/aromatic N) is 2. The van der Waals surface area contributed by atoms with Crippen LogP contribution in [0.1, 0.15) is 19.8 Å². The molecule has 0 bridgehead atoms. The number of hydrogen-bond donors (Lipinski definition) is 1. The van der Waals surface area contributed by atoms with Crippen molar-refractivity contribution in [2.75, 3.05) is 26.7 Å². The van der Waals surface area contributed by atoms with Crippen LogP contribution in [0, 0.1) is 0 Å². The van der Waals surface area contributed by atoms with Crippen LogP contribution in [0.2, 0.25) is 0 Å². The lowest BCUT2D eigenvalue weighted by Crippen LogP contribution is -2.39. The zero-order valence-corrected chi connectivity index (χ0v) is 15.0. The van der Waals surface area contributed by atoms with Crippen molar-refractivity contribution in [3.8, 4) is 0 Å². The number of hydrogen-bond acceptors (Lipinski definition) is 5. The molecule has 1 saturated heterocycles. The second-order valence-corrected chi connectivity index (χ2v) is 9.63. The van der Waals surface area contributed by atoms with E-state index in [4.69, 9.17) is 5.73 Å². The first-order valence-corrected chi connectivity index (χ1v) is 10.4. The minimum absolute atomic E-state index is 0.00859. The standard InChI is InChI=1S/C14H23N3O4S2/c1-12(11-15)16(2)22(18,19)13-6-5-7-14(10-13)23(20,21)17-8-3-4-9-17/h5-7,10,12H,3-4,8-9,11,15H2,1-2H3. The number of rotatable bonds is 6. The van der Waals surface area contributed by atoms with Gasteiger partial charge in [0.05, 0.1) is 9.79 Å². The molecule has 0 saturated carbocycles. The fourth-order valence-electron chi connectivity index (χ4n) is 2.42. The van der Waals surface area contributed by atoms with Gasteiger partial charge in [-0.1, -0.05) is 6.07 Å². The molecule has 0 radical (unpaired) electrons. The fourth-order valence-corrected chi connectivity index (χ4v) is 5.48. The van der Waals surface area contributed by atoms with E-state index >= 15 is 0 Å². The molecular weight excluding hydrogens is 338 g/mol. The highest BCUT2D eigenvalue weighted by Crippen LogP contribution is 2.24. The van der Waals surface area contributed by atoms with Gasteiger partial charge in [0.15, 0.2) is 0 Å². The largest absolute Gasteiger partial charge is 0.329 e. The van der Waals surface area contributed by atoms with E-state index in [1.165, 1.54) is 35.6 Å². The average molecular weight is 361 g/mol. The summed E-state index contributed by atoms with van der Waals surface area (Å²) in [4.78, 5) is -0.0325. The average Bonchev–Trinajstić information content (AvgIpc) is 3.08. The Kier molecular flexibility index (Phi) is 5.47. The van der Waals surface area contributed by atoms with Gasteiger partial charge >= 0.3 is 0 Å². The fraction of sp³-hybridized carbons (Fsp3) is 0.571. The van der Waals surface area contributed by atoms with Crippen LogP contribution in [-0.4, -0.2) is 58.2 Å². The zero-order valence-electron chi connectivity index (χ0n) is 13.3. The molecule has 2 N–H and O–H groups in total. The highest BCUT2D eigenvalue weighted by Gasteiger charge is 2.30. The highest BCUT2D eigenvalue weighted by atomic mass is 32.2. The monoisotopic (exact) mass is 361 g/mol. The molecule has 0 aliphatic carbocycles. The second kappa shape index (κ2) is 6.86. The Morgan fingerprint density at radius 2 is 1.74 bits per heavy atom. The minimum Gasteiger partial charge on any atom is -0.329 e. The van der Waals surface area contributed by atoms with Crippen molar-refractivity contribution in [3.63, 3.8) is 0 Å².